The molecule has 2 aromatic rings. The van der Waals surface area contributed by atoms with Crippen LogP contribution in [0.2, 0.25) is 0 Å². The zero-order valence-electron chi connectivity index (χ0n) is 10.6. The molecule has 0 saturated carbocycles. The first-order chi connectivity index (χ1) is 9.56. The monoisotopic (exact) mass is 334 g/mol. The Morgan fingerprint density at radius 3 is 2.80 bits per heavy atom. The van der Waals surface area contributed by atoms with Gasteiger partial charge in [-0.1, -0.05) is 6.07 Å². The lowest BCUT2D eigenvalue weighted by Gasteiger charge is -2.18. The van der Waals surface area contributed by atoms with Gasteiger partial charge in [0.15, 0.2) is 0 Å². The van der Waals surface area contributed by atoms with Crippen LogP contribution in [0.25, 0.3) is 0 Å². The second-order valence-corrected chi connectivity index (χ2v) is 5.58. The van der Waals surface area contributed by atoms with Crippen LogP contribution in [-0.4, -0.2) is 12.5 Å². The molecule has 1 heterocycles. The van der Waals surface area contributed by atoms with Gasteiger partial charge in [-0.2, -0.15) is 0 Å². The Labute approximate surface area is 124 Å². The molecule has 0 bridgehead atoms. The minimum absolute atomic E-state index is 0.208. The minimum Gasteiger partial charge on any atom is -0.399 e. The van der Waals surface area contributed by atoms with E-state index in [0.29, 0.717) is 22.3 Å². The maximum Gasteiger partial charge on any atom is 0.258 e. The summed E-state index contributed by atoms with van der Waals surface area (Å²) in [7, 11) is 0. The third-order valence-electron chi connectivity index (χ3n) is 3.42. The highest BCUT2D eigenvalue weighted by atomic mass is 79.9. The molecule has 0 atom stereocenters. The fraction of sp³-hybridized carbons (Fsp3) is 0.133. The Morgan fingerprint density at radius 1 is 1.25 bits per heavy atom. The third-order valence-corrected chi connectivity index (χ3v) is 4.06. The van der Waals surface area contributed by atoms with Crippen LogP contribution < -0.4 is 10.6 Å². The third kappa shape index (κ3) is 2.18. The molecule has 2 aromatic carbocycles. The van der Waals surface area contributed by atoms with E-state index in [4.69, 9.17) is 5.73 Å². The van der Waals surface area contributed by atoms with E-state index >= 15 is 0 Å². The summed E-state index contributed by atoms with van der Waals surface area (Å²) >= 11 is 3.08. The van der Waals surface area contributed by atoms with Crippen molar-refractivity contribution < 1.29 is 9.18 Å². The van der Waals surface area contributed by atoms with Gasteiger partial charge in [-0.05, 0) is 58.2 Å². The van der Waals surface area contributed by atoms with E-state index in [2.05, 4.69) is 15.9 Å². The number of anilines is 2. The lowest BCUT2D eigenvalue weighted by Crippen LogP contribution is -2.29. The largest absolute Gasteiger partial charge is 0.399 e. The maximum absolute atomic E-state index is 13.5. The minimum atomic E-state index is -0.442. The molecule has 0 unspecified atom stereocenters. The predicted molar refractivity (Wildman–Crippen MR) is 80.3 cm³/mol. The summed E-state index contributed by atoms with van der Waals surface area (Å²) in [5.41, 5.74) is 8.63. The van der Waals surface area contributed by atoms with Crippen molar-refractivity contribution in [2.45, 2.75) is 6.42 Å². The van der Waals surface area contributed by atoms with Gasteiger partial charge in [0.2, 0.25) is 0 Å². The molecule has 2 N–H and O–H groups in total. The number of amides is 1. The molecule has 1 aliphatic rings. The first-order valence-electron chi connectivity index (χ1n) is 6.21. The van der Waals surface area contributed by atoms with Gasteiger partial charge >= 0.3 is 0 Å². The molecule has 102 valence electrons. The summed E-state index contributed by atoms with van der Waals surface area (Å²) in [6.45, 7) is 0.593. The van der Waals surface area contributed by atoms with Crippen LogP contribution in [0.1, 0.15) is 15.9 Å². The molecule has 3 nitrogen and oxygen atoms in total. The Kier molecular flexibility index (Phi) is 3.22. The van der Waals surface area contributed by atoms with Crippen LogP contribution in [0.15, 0.2) is 40.9 Å². The van der Waals surface area contributed by atoms with Crippen molar-refractivity contribution in [2.24, 2.45) is 0 Å². The van der Waals surface area contributed by atoms with Crippen molar-refractivity contribution in [3.63, 3.8) is 0 Å². The van der Waals surface area contributed by atoms with E-state index in [1.165, 1.54) is 6.07 Å². The SMILES string of the molecule is Nc1ccc2c(c1)N(C(=O)c1ccc(Br)c(F)c1)CC2. The van der Waals surface area contributed by atoms with Crippen molar-refractivity contribution in [1.82, 2.24) is 0 Å². The van der Waals surface area contributed by atoms with Gasteiger partial charge in [-0.25, -0.2) is 4.39 Å². The van der Waals surface area contributed by atoms with Crippen molar-refractivity contribution >= 4 is 33.2 Å². The number of nitrogens with zero attached hydrogens (tertiary/aromatic N) is 1. The molecule has 0 radical (unpaired) electrons. The summed E-state index contributed by atoms with van der Waals surface area (Å²) in [6.07, 6.45) is 0.792. The number of halogens is 2. The highest BCUT2D eigenvalue weighted by Crippen LogP contribution is 2.31. The summed E-state index contributed by atoms with van der Waals surface area (Å²) in [5.74, 6) is -0.649. The molecule has 0 fully saturated rings. The lowest BCUT2D eigenvalue weighted by molar-refractivity contribution is 0.0989. The van der Waals surface area contributed by atoms with Crippen LogP contribution in [0.3, 0.4) is 0 Å². The first kappa shape index (κ1) is 13.1. The van der Waals surface area contributed by atoms with E-state index in [0.717, 1.165) is 17.7 Å². The molecular weight excluding hydrogens is 323 g/mol. The Morgan fingerprint density at radius 2 is 2.05 bits per heavy atom. The van der Waals surface area contributed by atoms with Gasteiger partial charge < -0.3 is 10.6 Å². The molecule has 5 heteroatoms. The highest BCUT2D eigenvalue weighted by molar-refractivity contribution is 9.10. The van der Waals surface area contributed by atoms with E-state index in [9.17, 15) is 9.18 Å². The molecule has 1 aliphatic heterocycles. The Bertz CT molecular complexity index is 702. The zero-order chi connectivity index (χ0) is 14.3. The van der Waals surface area contributed by atoms with Gasteiger partial charge in [0.1, 0.15) is 5.82 Å². The van der Waals surface area contributed by atoms with Crippen LogP contribution in [-0.2, 0) is 6.42 Å². The number of benzene rings is 2. The smallest absolute Gasteiger partial charge is 0.258 e. The van der Waals surface area contributed by atoms with Crippen LogP contribution >= 0.6 is 15.9 Å². The molecule has 0 aliphatic carbocycles. The molecule has 0 aromatic heterocycles. The number of nitrogens with two attached hydrogens (primary N) is 1. The second kappa shape index (κ2) is 4.90. The fourth-order valence-corrected chi connectivity index (χ4v) is 2.64. The quantitative estimate of drug-likeness (QED) is 0.812. The molecule has 0 spiro atoms. The fourth-order valence-electron chi connectivity index (χ4n) is 2.39. The summed E-state index contributed by atoms with van der Waals surface area (Å²) in [6, 6.07) is 9.94. The average molecular weight is 335 g/mol. The van der Waals surface area contributed by atoms with Crippen molar-refractivity contribution in [1.29, 1.82) is 0 Å². The van der Waals surface area contributed by atoms with Crippen LogP contribution in [0, 0.1) is 5.82 Å². The topological polar surface area (TPSA) is 46.3 Å². The van der Waals surface area contributed by atoms with E-state index < -0.39 is 5.82 Å². The number of hydrogen-bond donors (Lipinski definition) is 1. The van der Waals surface area contributed by atoms with Crippen molar-refractivity contribution in [3.8, 4) is 0 Å². The van der Waals surface area contributed by atoms with Gasteiger partial charge in [-0.3, -0.25) is 4.79 Å². The lowest BCUT2D eigenvalue weighted by atomic mass is 10.1. The highest BCUT2D eigenvalue weighted by Gasteiger charge is 2.26. The first-order valence-corrected chi connectivity index (χ1v) is 7.01. The Hall–Kier alpha value is -1.88. The van der Waals surface area contributed by atoms with E-state index in [-0.39, 0.29) is 5.91 Å². The Balaban J connectivity index is 1.97. The number of rotatable bonds is 1. The number of nitrogen functional groups attached to an aromatic ring is 1. The molecular formula is C15H12BrFN2O. The average Bonchev–Trinajstić information content (AvgIpc) is 2.84. The van der Waals surface area contributed by atoms with Gasteiger partial charge in [0.25, 0.3) is 5.91 Å². The standard InChI is InChI=1S/C15H12BrFN2O/c16-12-4-2-10(7-13(12)17)15(20)19-6-5-9-1-3-11(18)8-14(9)19/h1-4,7-8H,5-6,18H2. The van der Waals surface area contributed by atoms with E-state index in [1.807, 2.05) is 12.1 Å². The number of fused-ring (bicyclic) bond motifs is 1. The van der Waals surface area contributed by atoms with Gasteiger partial charge in [0.05, 0.1) is 4.47 Å². The summed E-state index contributed by atoms with van der Waals surface area (Å²) in [5, 5.41) is 0. The molecule has 3 rings (SSSR count). The molecule has 20 heavy (non-hydrogen) atoms. The molecule has 0 saturated heterocycles. The van der Waals surface area contributed by atoms with E-state index in [1.54, 1.807) is 23.1 Å². The summed E-state index contributed by atoms with van der Waals surface area (Å²) < 4.78 is 13.9. The van der Waals surface area contributed by atoms with Crippen LogP contribution in [0.5, 0.6) is 0 Å². The molecule has 1 amide bonds. The summed E-state index contributed by atoms with van der Waals surface area (Å²) in [4.78, 5) is 14.1. The second-order valence-electron chi connectivity index (χ2n) is 4.72. The predicted octanol–water partition coefficient (Wildman–Crippen LogP) is 3.37. The number of carbonyl (C=O) groups excluding carboxylic acids is 1. The van der Waals surface area contributed by atoms with Crippen molar-refractivity contribution in [3.05, 3.63) is 57.8 Å². The number of hydrogen-bond acceptors (Lipinski definition) is 2. The van der Waals surface area contributed by atoms with Crippen LogP contribution in [0.4, 0.5) is 15.8 Å². The number of carbonyl (C=O) groups is 1. The van der Waals surface area contributed by atoms with Gasteiger partial charge in [0, 0.05) is 23.5 Å². The van der Waals surface area contributed by atoms with Gasteiger partial charge in [-0.15, -0.1) is 0 Å². The van der Waals surface area contributed by atoms with Crippen molar-refractivity contribution in [2.75, 3.05) is 17.2 Å². The normalized spacial score (nSPS) is 13.4. The maximum atomic E-state index is 13.5. The zero-order valence-corrected chi connectivity index (χ0v) is 12.2.